The molecule has 0 bridgehead atoms. The van der Waals surface area contributed by atoms with Crippen LogP contribution in [0, 0.1) is 5.92 Å². The highest BCUT2D eigenvalue weighted by molar-refractivity contribution is 9.10. The van der Waals surface area contributed by atoms with Gasteiger partial charge in [0.1, 0.15) is 6.04 Å². The van der Waals surface area contributed by atoms with E-state index in [4.69, 9.17) is 10.5 Å². The fourth-order valence-electron chi connectivity index (χ4n) is 1.60. The van der Waals surface area contributed by atoms with Gasteiger partial charge in [-0.05, 0) is 28.3 Å². The van der Waals surface area contributed by atoms with Crippen molar-refractivity contribution in [1.82, 2.24) is 4.98 Å². The van der Waals surface area contributed by atoms with Gasteiger partial charge in [-0.1, -0.05) is 13.8 Å². The van der Waals surface area contributed by atoms with E-state index in [2.05, 4.69) is 26.2 Å². The van der Waals surface area contributed by atoms with E-state index < -0.39 is 6.04 Å². The third-order valence-corrected chi connectivity index (χ3v) is 3.04. The van der Waals surface area contributed by atoms with Gasteiger partial charge in [0.15, 0.2) is 0 Å². The van der Waals surface area contributed by atoms with Crippen LogP contribution in [0.3, 0.4) is 0 Å². The Kier molecular flexibility index (Phi) is 5.40. The minimum Gasteiger partial charge on any atom is -0.467 e. The lowest BCUT2D eigenvalue weighted by molar-refractivity contribution is -0.141. The first-order valence-corrected chi connectivity index (χ1v) is 6.48. The number of aromatic nitrogens is 1. The largest absolute Gasteiger partial charge is 0.467 e. The Labute approximate surface area is 115 Å². The normalized spacial score (nSPS) is 12.3. The van der Waals surface area contributed by atoms with E-state index in [9.17, 15) is 4.79 Å². The van der Waals surface area contributed by atoms with Crippen molar-refractivity contribution in [3.63, 3.8) is 0 Å². The highest BCUT2D eigenvalue weighted by Gasteiger charge is 2.22. The highest BCUT2D eigenvalue weighted by atomic mass is 79.9. The molecule has 1 heterocycles. The molecule has 1 aromatic heterocycles. The van der Waals surface area contributed by atoms with Crippen molar-refractivity contribution < 1.29 is 9.53 Å². The summed E-state index contributed by atoms with van der Waals surface area (Å²) in [6, 6.07) is -0.420. The van der Waals surface area contributed by atoms with Gasteiger partial charge in [0.05, 0.1) is 29.2 Å². The lowest BCUT2D eigenvalue weighted by Gasteiger charge is -2.21. The minimum absolute atomic E-state index is 0.299. The van der Waals surface area contributed by atoms with E-state index in [1.54, 1.807) is 6.20 Å². The van der Waals surface area contributed by atoms with Crippen LogP contribution in [0.25, 0.3) is 0 Å². The lowest BCUT2D eigenvalue weighted by Crippen LogP contribution is -2.32. The van der Waals surface area contributed by atoms with E-state index in [-0.39, 0.29) is 5.97 Å². The zero-order valence-corrected chi connectivity index (χ0v) is 12.3. The SMILES string of the molecule is COC(=O)C(CC(C)C)Nc1c(N)cncc1Br. The number of hydrogen-bond acceptors (Lipinski definition) is 5. The maximum atomic E-state index is 11.7. The first kappa shape index (κ1) is 14.8. The van der Waals surface area contributed by atoms with Crippen LogP contribution in [0.15, 0.2) is 16.9 Å². The Morgan fingerprint density at radius 1 is 1.56 bits per heavy atom. The summed E-state index contributed by atoms with van der Waals surface area (Å²) < 4.78 is 5.51. The summed E-state index contributed by atoms with van der Waals surface area (Å²) in [4.78, 5) is 15.7. The number of esters is 1. The molecule has 0 aromatic carbocycles. The quantitative estimate of drug-likeness (QED) is 0.816. The van der Waals surface area contributed by atoms with Gasteiger partial charge >= 0.3 is 5.97 Å². The average Bonchev–Trinajstić information content (AvgIpc) is 2.31. The Morgan fingerprint density at radius 3 is 2.72 bits per heavy atom. The Hall–Kier alpha value is -1.30. The number of hydrogen-bond donors (Lipinski definition) is 2. The van der Waals surface area contributed by atoms with Gasteiger partial charge in [0.25, 0.3) is 0 Å². The number of nitrogens with one attached hydrogen (secondary N) is 1. The fourth-order valence-corrected chi connectivity index (χ4v) is 2.07. The third-order valence-electron chi connectivity index (χ3n) is 2.44. The van der Waals surface area contributed by atoms with Gasteiger partial charge < -0.3 is 15.8 Å². The van der Waals surface area contributed by atoms with E-state index >= 15 is 0 Å². The van der Waals surface area contributed by atoms with Gasteiger partial charge in [-0.3, -0.25) is 4.98 Å². The van der Waals surface area contributed by atoms with E-state index in [0.717, 1.165) is 4.47 Å². The highest BCUT2D eigenvalue weighted by Crippen LogP contribution is 2.28. The molecule has 1 aromatic rings. The summed E-state index contributed by atoms with van der Waals surface area (Å²) in [5.41, 5.74) is 6.99. The number of pyridine rings is 1. The second-order valence-corrected chi connectivity index (χ2v) is 5.29. The maximum Gasteiger partial charge on any atom is 0.328 e. The summed E-state index contributed by atoms with van der Waals surface area (Å²) in [6.07, 6.45) is 3.83. The van der Waals surface area contributed by atoms with E-state index in [0.29, 0.717) is 23.7 Å². The molecule has 18 heavy (non-hydrogen) atoms. The third kappa shape index (κ3) is 3.87. The van der Waals surface area contributed by atoms with Gasteiger partial charge in [-0.2, -0.15) is 0 Å². The van der Waals surface area contributed by atoms with E-state index in [1.165, 1.54) is 13.3 Å². The summed E-state index contributed by atoms with van der Waals surface area (Å²) in [6.45, 7) is 4.09. The van der Waals surface area contributed by atoms with Gasteiger partial charge in [-0.25, -0.2) is 4.79 Å². The topological polar surface area (TPSA) is 77.2 Å². The van der Waals surface area contributed by atoms with Crippen molar-refractivity contribution in [3.05, 3.63) is 16.9 Å². The van der Waals surface area contributed by atoms with Crippen molar-refractivity contribution in [2.45, 2.75) is 26.3 Å². The van der Waals surface area contributed by atoms with Gasteiger partial charge in [-0.15, -0.1) is 0 Å². The second kappa shape index (κ2) is 6.58. The number of halogens is 1. The molecule has 0 fully saturated rings. The number of nitrogens with zero attached hydrogens (tertiary/aromatic N) is 1. The summed E-state index contributed by atoms with van der Waals surface area (Å²) in [5, 5.41) is 3.11. The van der Waals surface area contributed by atoms with E-state index in [1.807, 2.05) is 13.8 Å². The molecule has 0 saturated carbocycles. The fraction of sp³-hybridized carbons (Fsp3) is 0.500. The second-order valence-electron chi connectivity index (χ2n) is 4.44. The predicted molar refractivity (Wildman–Crippen MR) is 75.2 cm³/mol. The van der Waals surface area contributed by atoms with Gasteiger partial charge in [0, 0.05) is 6.20 Å². The molecule has 0 radical (unpaired) electrons. The summed E-state index contributed by atoms with van der Waals surface area (Å²) in [7, 11) is 1.38. The number of methoxy groups -OCH3 is 1. The van der Waals surface area contributed by atoms with Crippen molar-refractivity contribution in [2.75, 3.05) is 18.2 Å². The molecule has 0 saturated heterocycles. The molecule has 0 amide bonds. The number of carbonyl (C=O) groups excluding carboxylic acids is 1. The zero-order valence-electron chi connectivity index (χ0n) is 10.7. The molecule has 0 aliphatic rings. The molecule has 1 atom stereocenters. The smallest absolute Gasteiger partial charge is 0.328 e. The van der Waals surface area contributed by atoms with Crippen molar-refractivity contribution in [3.8, 4) is 0 Å². The van der Waals surface area contributed by atoms with Crippen LogP contribution in [0.1, 0.15) is 20.3 Å². The van der Waals surface area contributed by atoms with Crippen LogP contribution in [-0.2, 0) is 9.53 Å². The number of carbonyl (C=O) groups is 1. The maximum absolute atomic E-state index is 11.7. The van der Waals surface area contributed by atoms with Crippen LogP contribution >= 0.6 is 15.9 Å². The number of anilines is 2. The van der Waals surface area contributed by atoms with Crippen molar-refractivity contribution in [1.29, 1.82) is 0 Å². The average molecular weight is 316 g/mol. The standard InChI is InChI=1S/C12H18BrN3O2/c1-7(2)4-10(12(17)18-3)16-11-8(13)5-15-6-9(11)14/h5-7,10H,4,14H2,1-3H3,(H,15,16). The monoisotopic (exact) mass is 315 g/mol. The van der Waals surface area contributed by atoms with Crippen LogP contribution in [0.5, 0.6) is 0 Å². The molecule has 6 heteroatoms. The number of nitrogen functional groups attached to an aromatic ring is 1. The van der Waals surface area contributed by atoms with Gasteiger partial charge in [0.2, 0.25) is 0 Å². The van der Waals surface area contributed by atoms with Crippen LogP contribution < -0.4 is 11.1 Å². The summed E-state index contributed by atoms with van der Waals surface area (Å²) in [5.74, 6) is 0.0650. The molecule has 0 aliphatic carbocycles. The Balaban J connectivity index is 2.92. The molecule has 5 nitrogen and oxygen atoms in total. The molecule has 100 valence electrons. The van der Waals surface area contributed by atoms with Crippen molar-refractivity contribution >= 4 is 33.3 Å². The molecule has 1 rings (SSSR count). The molecular formula is C12H18BrN3O2. The molecule has 1 unspecified atom stereocenters. The van der Waals surface area contributed by atoms with Crippen LogP contribution in [-0.4, -0.2) is 24.1 Å². The number of ether oxygens (including phenoxy) is 1. The minimum atomic E-state index is -0.420. The lowest BCUT2D eigenvalue weighted by atomic mass is 10.0. The number of nitrogens with two attached hydrogens (primary N) is 1. The molecular weight excluding hydrogens is 298 g/mol. The Bertz CT molecular complexity index is 404. The zero-order chi connectivity index (χ0) is 13.7. The molecule has 0 spiro atoms. The molecule has 0 aliphatic heterocycles. The van der Waals surface area contributed by atoms with Crippen LogP contribution in [0.4, 0.5) is 11.4 Å². The van der Waals surface area contributed by atoms with Crippen LogP contribution in [0.2, 0.25) is 0 Å². The first-order chi connectivity index (χ1) is 8.45. The molecule has 3 N–H and O–H groups in total. The number of rotatable bonds is 5. The predicted octanol–water partition coefficient (Wildman–Crippen LogP) is 2.43. The first-order valence-electron chi connectivity index (χ1n) is 5.69. The Morgan fingerprint density at radius 2 is 2.22 bits per heavy atom. The van der Waals surface area contributed by atoms with Crippen molar-refractivity contribution in [2.24, 2.45) is 5.92 Å². The summed E-state index contributed by atoms with van der Waals surface area (Å²) >= 11 is 3.36.